The molecule has 264 valence electrons. The van der Waals surface area contributed by atoms with Crippen LogP contribution in [-0.2, 0) is 20.6 Å². The van der Waals surface area contributed by atoms with Gasteiger partial charge in [0.25, 0.3) is 0 Å². The van der Waals surface area contributed by atoms with Gasteiger partial charge >= 0.3 is 18.3 Å². The maximum Gasteiger partial charge on any atom is 0.407 e. The van der Waals surface area contributed by atoms with Crippen molar-refractivity contribution in [2.75, 3.05) is 19.8 Å². The van der Waals surface area contributed by atoms with E-state index in [1.165, 1.54) is 49.7 Å². The van der Waals surface area contributed by atoms with E-state index >= 15 is 0 Å². The zero-order valence-electron chi connectivity index (χ0n) is 28.7. The number of hydrogen-bond acceptors (Lipinski definition) is 6. The van der Waals surface area contributed by atoms with Crippen molar-refractivity contribution in [3.05, 3.63) is 35.4 Å². The summed E-state index contributed by atoms with van der Waals surface area (Å²) in [5.41, 5.74) is 2.50. The quantitative estimate of drug-likeness (QED) is 0.114. The van der Waals surface area contributed by atoms with E-state index in [-0.39, 0.29) is 42.3 Å². The van der Waals surface area contributed by atoms with Gasteiger partial charge in [-0.15, -0.1) is 0 Å². The van der Waals surface area contributed by atoms with Crippen LogP contribution in [-0.4, -0.2) is 56.2 Å². The molecule has 3 aliphatic carbocycles. The highest BCUT2D eigenvalue weighted by Crippen LogP contribution is 2.34. The Morgan fingerprint density at radius 3 is 1.64 bits per heavy atom. The van der Waals surface area contributed by atoms with E-state index in [4.69, 9.17) is 14.2 Å². The van der Waals surface area contributed by atoms with Gasteiger partial charge in [0.15, 0.2) is 0 Å². The fourth-order valence-corrected chi connectivity index (χ4v) is 7.47. The summed E-state index contributed by atoms with van der Waals surface area (Å²) in [5.74, 6) is 0.274. The van der Waals surface area contributed by atoms with Crippen molar-refractivity contribution in [3.63, 3.8) is 0 Å². The number of ether oxygens (including phenoxy) is 3. The fraction of sp³-hybridized carbons (Fsp3) is 0.763. The van der Waals surface area contributed by atoms with Gasteiger partial charge in [-0.2, -0.15) is 0 Å². The smallest absolute Gasteiger partial charge is 0.407 e. The standard InChI is InChI=1S/C38H61N3O6/c42-36(39-32-20-7-5-8-21-32)45-26-13-3-1-2-4-14-27-46-38(44)41-35-25-12-11-24-34(35)31-19-15-17-30(29-31)18-16-28-47-37(43)40-33-22-9-6-10-23-33/h15,17,19,29,32-35H,1-14,16,18,20-28H2,(H,39,42)(H,40,43)(H,41,44). The summed E-state index contributed by atoms with van der Waals surface area (Å²) in [4.78, 5) is 36.7. The first-order valence-corrected chi connectivity index (χ1v) is 19.0. The van der Waals surface area contributed by atoms with E-state index in [1.807, 2.05) is 0 Å². The number of nitrogens with one attached hydrogen (secondary N) is 3. The lowest BCUT2D eigenvalue weighted by atomic mass is 9.79. The van der Waals surface area contributed by atoms with Gasteiger partial charge in [0.05, 0.1) is 19.8 Å². The Bertz CT molecular complexity index is 1060. The Kier molecular flexibility index (Phi) is 17.1. The predicted molar refractivity (Wildman–Crippen MR) is 185 cm³/mol. The maximum absolute atomic E-state index is 12.7. The molecule has 9 nitrogen and oxygen atoms in total. The highest BCUT2D eigenvalue weighted by atomic mass is 16.6. The average molecular weight is 656 g/mol. The number of hydrogen-bond donors (Lipinski definition) is 3. The summed E-state index contributed by atoms with van der Waals surface area (Å²) >= 11 is 0. The number of aryl methyl sites for hydroxylation is 1. The molecule has 0 bridgehead atoms. The zero-order chi connectivity index (χ0) is 32.9. The van der Waals surface area contributed by atoms with Crippen LogP contribution in [0, 0.1) is 0 Å². The third kappa shape index (κ3) is 14.8. The first kappa shape index (κ1) is 36.9. The molecule has 3 fully saturated rings. The van der Waals surface area contributed by atoms with Gasteiger partial charge in [-0.05, 0) is 75.3 Å². The average Bonchev–Trinajstić information content (AvgIpc) is 3.09. The van der Waals surface area contributed by atoms with Crippen molar-refractivity contribution in [1.29, 1.82) is 0 Å². The Morgan fingerprint density at radius 1 is 0.553 bits per heavy atom. The second-order valence-corrected chi connectivity index (χ2v) is 14.0. The van der Waals surface area contributed by atoms with Crippen LogP contribution >= 0.6 is 0 Å². The maximum atomic E-state index is 12.7. The number of benzene rings is 1. The number of rotatable bonds is 17. The molecule has 2 unspecified atom stereocenters. The van der Waals surface area contributed by atoms with Crippen LogP contribution in [0.2, 0.25) is 0 Å². The van der Waals surface area contributed by atoms with Crippen LogP contribution in [0.5, 0.6) is 0 Å². The van der Waals surface area contributed by atoms with Crippen LogP contribution in [0.3, 0.4) is 0 Å². The van der Waals surface area contributed by atoms with Crippen molar-refractivity contribution in [2.24, 2.45) is 0 Å². The van der Waals surface area contributed by atoms with Crippen molar-refractivity contribution in [2.45, 2.75) is 165 Å². The third-order valence-corrected chi connectivity index (χ3v) is 10.2. The van der Waals surface area contributed by atoms with Crippen LogP contribution in [0.1, 0.15) is 152 Å². The lowest BCUT2D eigenvalue weighted by Crippen LogP contribution is -2.41. The summed E-state index contributed by atoms with van der Waals surface area (Å²) in [6.07, 6.45) is 22.5. The first-order valence-electron chi connectivity index (χ1n) is 19.0. The Morgan fingerprint density at radius 2 is 1.04 bits per heavy atom. The Labute approximate surface area is 283 Å². The van der Waals surface area contributed by atoms with Crippen LogP contribution in [0.25, 0.3) is 0 Å². The van der Waals surface area contributed by atoms with E-state index in [9.17, 15) is 14.4 Å². The van der Waals surface area contributed by atoms with Gasteiger partial charge in [0.2, 0.25) is 0 Å². The van der Waals surface area contributed by atoms with Gasteiger partial charge in [0, 0.05) is 24.0 Å². The molecule has 0 aliphatic heterocycles. The third-order valence-electron chi connectivity index (χ3n) is 10.2. The molecule has 3 N–H and O–H groups in total. The highest BCUT2D eigenvalue weighted by Gasteiger charge is 2.28. The molecule has 0 saturated heterocycles. The zero-order valence-corrected chi connectivity index (χ0v) is 28.7. The molecule has 4 rings (SSSR count). The van der Waals surface area contributed by atoms with Crippen molar-refractivity contribution in [1.82, 2.24) is 16.0 Å². The van der Waals surface area contributed by atoms with Crippen LogP contribution < -0.4 is 16.0 Å². The minimum atomic E-state index is -0.314. The molecular weight excluding hydrogens is 594 g/mol. The molecule has 1 aromatic rings. The molecular formula is C38H61N3O6. The fourth-order valence-electron chi connectivity index (χ4n) is 7.47. The topological polar surface area (TPSA) is 115 Å². The molecule has 0 heterocycles. The minimum absolute atomic E-state index is 0.0743. The highest BCUT2D eigenvalue weighted by molar-refractivity contribution is 5.68. The number of carbonyl (C=O) groups excluding carboxylic acids is 3. The number of carbonyl (C=O) groups is 3. The molecule has 2 atom stereocenters. The van der Waals surface area contributed by atoms with Gasteiger partial charge in [-0.25, -0.2) is 14.4 Å². The van der Waals surface area contributed by atoms with Crippen LogP contribution in [0.15, 0.2) is 24.3 Å². The first-order chi connectivity index (χ1) is 23.1. The SMILES string of the molecule is O=C(NC1CCCCC1)OCCCCCCCCOC(=O)NC1CCCCC1c1cccc(CCCOC(=O)NC2CCCCC2)c1. The molecule has 3 amide bonds. The minimum Gasteiger partial charge on any atom is -0.450 e. The summed E-state index contributed by atoms with van der Waals surface area (Å²) in [7, 11) is 0. The van der Waals surface area contributed by atoms with E-state index < -0.39 is 0 Å². The second-order valence-electron chi connectivity index (χ2n) is 14.0. The largest absolute Gasteiger partial charge is 0.450 e. The lowest BCUT2D eigenvalue weighted by molar-refractivity contribution is 0.133. The van der Waals surface area contributed by atoms with Crippen LogP contribution in [0.4, 0.5) is 14.4 Å². The van der Waals surface area contributed by atoms with Crippen molar-refractivity contribution < 1.29 is 28.6 Å². The van der Waals surface area contributed by atoms with Gasteiger partial charge < -0.3 is 30.2 Å². The number of amides is 3. The molecule has 0 aromatic heterocycles. The van der Waals surface area contributed by atoms with E-state index in [2.05, 4.69) is 40.2 Å². The predicted octanol–water partition coefficient (Wildman–Crippen LogP) is 8.83. The van der Waals surface area contributed by atoms with Gasteiger partial charge in [0.1, 0.15) is 0 Å². The summed E-state index contributed by atoms with van der Waals surface area (Å²) in [6.45, 7) is 1.32. The monoisotopic (exact) mass is 655 g/mol. The van der Waals surface area contributed by atoms with Gasteiger partial charge in [-0.3, -0.25) is 0 Å². The molecule has 9 heteroatoms. The van der Waals surface area contributed by atoms with E-state index in [1.54, 1.807) is 0 Å². The molecule has 3 aliphatic rings. The number of alkyl carbamates (subject to hydrolysis) is 3. The van der Waals surface area contributed by atoms with Crippen molar-refractivity contribution in [3.8, 4) is 0 Å². The molecule has 47 heavy (non-hydrogen) atoms. The summed E-state index contributed by atoms with van der Waals surface area (Å²) < 4.78 is 16.3. The Hall–Kier alpha value is -2.97. The summed E-state index contributed by atoms with van der Waals surface area (Å²) in [5, 5.41) is 9.17. The molecule has 1 aromatic carbocycles. The number of unbranched alkanes of at least 4 members (excludes halogenated alkanes) is 5. The molecule has 3 saturated carbocycles. The Balaban J connectivity index is 1.04. The lowest BCUT2D eigenvalue weighted by Gasteiger charge is -2.32. The van der Waals surface area contributed by atoms with Gasteiger partial charge in [-0.1, -0.05) is 101 Å². The molecule has 0 spiro atoms. The van der Waals surface area contributed by atoms with Crippen molar-refractivity contribution >= 4 is 18.3 Å². The second kappa shape index (κ2) is 21.8. The normalized spacial score (nSPS) is 20.6. The molecule has 0 radical (unpaired) electrons. The summed E-state index contributed by atoms with van der Waals surface area (Å²) in [6, 6.07) is 9.30. The van der Waals surface area contributed by atoms with E-state index in [0.717, 1.165) is 103 Å². The van der Waals surface area contributed by atoms with E-state index in [0.29, 0.717) is 19.8 Å².